The highest BCUT2D eigenvalue weighted by Gasteiger charge is 2.14. The molecule has 1 aromatic heterocycles. The van der Waals surface area contributed by atoms with Gasteiger partial charge in [-0.05, 0) is 50.1 Å². The Labute approximate surface area is 159 Å². The summed E-state index contributed by atoms with van der Waals surface area (Å²) in [4.78, 5) is 14.8. The number of hydrogen-bond acceptors (Lipinski definition) is 5. The highest BCUT2D eigenvalue weighted by atomic mass is 32.1. The molecule has 0 saturated heterocycles. The van der Waals surface area contributed by atoms with Crippen LogP contribution < -0.4 is 19.5 Å². The third-order valence-electron chi connectivity index (χ3n) is 4.08. The monoisotopic (exact) mass is 377 g/mol. The molecule has 0 aliphatic heterocycles. The van der Waals surface area contributed by atoms with E-state index in [0.717, 1.165) is 12.0 Å². The quantitative estimate of drug-likeness (QED) is 0.723. The van der Waals surface area contributed by atoms with Crippen LogP contribution in [0.15, 0.2) is 24.3 Å². The SMILES string of the molecule is COc1cc(CCC(=O)NC(C)Cc2ccc(C)s2)cc(OC)c1OC. The van der Waals surface area contributed by atoms with Crippen molar-refractivity contribution in [3.05, 3.63) is 39.6 Å². The van der Waals surface area contributed by atoms with Gasteiger partial charge in [-0.25, -0.2) is 0 Å². The first-order valence-corrected chi connectivity index (χ1v) is 9.42. The minimum Gasteiger partial charge on any atom is -0.493 e. The first kappa shape index (κ1) is 20.1. The first-order chi connectivity index (χ1) is 12.5. The van der Waals surface area contributed by atoms with Crippen LogP contribution in [0.3, 0.4) is 0 Å². The van der Waals surface area contributed by atoms with Gasteiger partial charge in [0.1, 0.15) is 0 Å². The number of hydrogen-bond donors (Lipinski definition) is 1. The van der Waals surface area contributed by atoms with Gasteiger partial charge in [-0.1, -0.05) is 0 Å². The van der Waals surface area contributed by atoms with E-state index in [1.54, 1.807) is 32.7 Å². The maximum absolute atomic E-state index is 12.3. The van der Waals surface area contributed by atoms with Gasteiger partial charge in [-0.3, -0.25) is 4.79 Å². The van der Waals surface area contributed by atoms with Crippen LogP contribution in [-0.4, -0.2) is 33.3 Å². The Morgan fingerprint density at radius 2 is 1.77 bits per heavy atom. The molecule has 142 valence electrons. The molecule has 1 heterocycles. The first-order valence-electron chi connectivity index (χ1n) is 8.60. The van der Waals surface area contributed by atoms with Crippen molar-refractivity contribution in [2.75, 3.05) is 21.3 Å². The molecule has 0 radical (unpaired) electrons. The van der Waals surface area contributed by atoms with Crippen molar-refractivity contribution in [2.45, 2.75) is 39.2 Å². The Bertz CT molecular complexity index is 716. The summed E-state index contributed by atoms with van der Waals surface area (Å²) < 4.78 is 16.0. The van der Waals surface area contributed by atoms with Gasteiger partial charge in [0.15, 0.2) is 11.5 Å². The molecular formula is C20H27NO4S. The number of carbonyl (C=O) groups is 1. The molecule has 26 heavy (non-hydrogen) atoms. The van der Waals surface area contributed by atoms with Crippen LogP contribution in [0, 0.1) is 6.92 Å². The Morgan fingerprint density at radius 3 is 2.27 bits per heavy atom. The summed E-state index contributed by atoms with van der Waals surface area (Å²) in [6, 6.07) is 8.11. The zero-order chi connectivity index (χ0) is 19.1. The van der Waals surface area contributed by atoms with Crippen LogP contribution in [0.5, 0.6) is 17.2 Å². The molecular weight excluding hydrogens is 350 g/mol. The molecule has 1 N–H and O–H groups in total. The van der Waals surface area contributed by atoms with Gasteiger partial charge in [0.25, 0.3) is 0 Å². The number of rotatable bonds is 9. The third-order valence-corrected chi connectivity index (χ3v) is 5.10. The number of aryl methyl sites for hydroxylation is 2. The van der Waals surface area contributed by atoms with Crippen LogP contribution >= 0.6 is 11.3 Å². The fraction of sp³-hybridized carbons (Fsp3) is 0.450. The van der Waals surface area contributed by atoms with Crippen molar-refractivity contribution >= 4 is 17.2 Å². The van der Waals surface area contributed by atoms with E-state index in [0.29, 0.717) is 30.1 Å². The summed E-state index contributed by atoms with van der Waals surface area (Å²) in [5.41, 5.74) is 0.969. The van der Waals surface area contributed by atoms with Crippen LogP contribution in [0.2, 0.25) is 0 Å². The van der Waals surface area contributed by atoms with Gasteiger partial charge < -0.3 is 19.5 Å². The maximum Gasteiger partial charge on any atom is 0.220 e. The van der Waals surface area contributed by atoms with Crippen LogP contribution in [0.1, 0.15) is 28.7 Å². The van der Waals surface area contributed by atoms with Crippen molar-refractivity contribution in [1.29, 1.82) is 0 Å². The summed E-state index contributed by atoms with van der Waals surface area (Å²) >= 11 is 1.77. The van der Waals surface area contributed by atoms with Crippen molar-refractivity contribution < 1.29 is 19.0 Å². The van der Waals surface area contributed by atoms with Gasteiger partial charge in [0, 0.05) is 28.6 Å². The number of amides is 1. The molecule has 2 rings (SSSR count). The van der Waals surface area contributed by atoms with E-state index in [2.05, 4.69) is 24.4 Å². The second-order valence-corrected chi connectivity index (χ2v) is 7.59. The molecule has 6 heteroatoms. The molecule has 1 aromatic carbocycles. The number of ether oxygens (including phenoxy) is 3. The van der Waals surface area contributed by atoms with Crippen LogP contribution in [-0.2, 0) is 17.6 Å². The Morgan fingerprint density at radius 1 is 1.12 bits per heavy atom. The van der Waals surface area contributed by atoms with Gasteiger partial charge >= 0.3 is 0 Å². The van der Waals surface area contributed by atoms with E-state index in [1.807, 2.05) is 19.1 Å². The standard InChI is InChI=1S/C20H27NO4S/c1-13(10-16-8-6-14(2)26-16)21-19(22)9-7-15-11-17(23-3)20(25-5)18(12-15)24-4/h6,8,11-13H,7,9-10H2,1-5H3,(H,21,22). The molecule has 1 unspecified atom stereocenters. The summed E-state index contributed by atoms with van der Waals surface area (Å²) in [5.74, 6) is 1.80. The molecule has 0 aliphatic carbocycles. The van der Waals surface area contributed by atoms with Crippen molar-refractivity contribution in [3.63, 3.8) is 0 Å². The fourth-order valence-electron chi connectivity index (χ4n) is 2.83. The number of methoxy groups -OCH3 is 3. The molecule has 2 aromatic rings. The number of benzene rings is 1. The molecule has 1 atom stereocenters. The highest BCUT2D eigenvalue weighted by molar-refractivity contribution is 7.11. The molecule has 5 nitrogen and oxygen atoms in total. The van der Waals surface area contributed by atoms with E-state index in [1.165, 1.54) is 9.75 Å². The summed E-state index contributed by atoms with van der Waals surface area (Å²) in [6.45, 7) is 4.13. The van der Waals surface area contributed by atoms with Gasteiger partial charge in [-0.2, -0.15) is 0 Å². The summed E-state index contributed by atoms with van der Waals surface area (Å²) in [6.07, 6.45) is 1.87. The Kier molecular flexibility index (Phi) is 7.33. The Hall–Kier alpha value is -2.21. The minimum absolute atomic E-state index is 0.0412. The van der Waals surface area contributed by atoms with E-state index in [-0.39, 0.29) is 11.9 Å². The highest BCUT2D eigenvalue weighted by Crippen LogP contribution is 2.38. The number of nitrogens with one attached hydrogen (secondary N) is 1. The topological polar surface area (TPSA) is 56.8 Å². The second kappa shape index (κ2) is 9.48. The largest absolute Gasteiger partial charge is 0.493 e. The van der Waals surface area contributed by atoms with Crippen LogP contribution in [0.25, 0.3) is 0 Å². The predicted octanol–water partition coefficient (Wildman–Crippen LogP) is 3.76. The lowest BCUT2D eigenvalue weighted by molar-refractivity contribution is -0.121. The van der Waals surface area contributed by atoms with Gasteiger partial charge in [0.2, 0.25) is 11.7 Å². The molecule has 0 fully saturated rings. The summed E-state index contributed by atoms with van der Waals surface area (Å²) in [7, 11) is 4.74. The zero-order valence-corrected chi connectivity index (χ0v) is 16.9. The predicted molar refractivity (Wildman–Crippen MR) is 105 cm³/mol. The molecule has 1 amide bonds. The molecule has 0 aliphatic rings. The molecule has 0 spiro atoms. The van der Waals surface area contributed by atoms with E-state index in [4.69, 9.17) is 14.2 Å². The zero-order valence-electron chi connectivity index (χ0n) is 16.0. The van der Waals surface area contributed by atoms with E-state index >= 15 is 0 Å². The molecule has 0 saturated carbocycles. The average Bonchev–Trinajstić information content (AvgIpc) is 3.03. The normalized spacial score (nSPS) is 11.7. The second-order valence-electron chi connectivity index (χ2n) is 6.22. The lowest BCUT2D eigenvalue weighted by Crippen LogP contribution is -2.34. The average molecular weight is 378 g/mol. The van der Waals surface area contributed by atoms with Gasteiger partial charge in [0.05, 0.1) is 21.3 Å². The van der Waals surface area contributed by atoms with Crippen molar-refractivity contribution in [1.82, 2.24) is 5.32 Å². The smallest absolute Gasteiger partial charge is 0.220 e. The minimum atomic E-state index is 0.0412. The molecule has 0 bridgehead atoms. The van der Waals surface area contributed by atoms with Crippen molar-refractivity contribution in [2.24, 2.45) is 0 Å². The number of thiophene rings is 1. The lowest BCUT2D eigenvalue weighted by Gasteiger charge is -2.15. The Balaban J connectivity index is 1.92. The number of carbonyl (C=O) groups excluding carboxylic acids is 1. The van der Waals surface area contributed by atoms with E-state index < -0.39 is 0 Å². The van der Waals surface area contributed by atoms with Crippen molar-refractivity contribution in [3.8, 4) is 17.2 Å². The summed E-state index contributed by atoms with van der Waals surface area (Å²) in [5, 5.41) is 3.07. The third kappa shape index (κ3) is 5.39. The maximum atomic E-state index is 12.3. The lowest BCUT2D eigenvalue weighted by atomic mass is 10.1. The van der Waals surface area contributed by atoms with Crippen LogP contribution in [0.4, 0.5) is 0 Å². The van der Waals surface area contributed by atoms with Gasteiger partial charge in [-0.15, -0.1) is 11.3 Å². The van der Waals surface area contributed by atoms with E-state index in [9.17, 15) is 4.79 Å². The fourth-order valence-corrected chi connectivity index (χ4v) is 3.85.